The van der Waals surface area contributed by atoms with Crippen molar-refractivity contribution in [3.8, 4) is 5.75 Å². The molecule has 0 saturated heterocycles. The van der Waals surface area contributed by atoms with Gasteiger partial charge in [0.1, 0.15) is 4.90 Å². The zero-order valence-electron chi connectivity index (χ0n) is 15.5. The number of aliphatic imine (C=N–C) groups is 1. The maximum Gasteiger partial charge on any atom is 0.339 e. The third kappa shape index (κ3) is 5.28. The Kier molecular flexibility index (Phi) is 6.83. The molecule has 0 N–H and O–H groups in total. The highest BCUT2D eigenvalue weighted by molar-refractivity contribution is 9.11. The summed E-state index contributed by atoms with van der Waals surface area (Å²) in [6.07, 6.45) is 1.55. The van der Waals surface area contributed by atoms with Gasteiger partial charge >= 0.3 is 10.1 Å². The molecule has 3 aromatic rings. The molecule has 0 fully saturated rings. The lowest BCUT2D eigenvalue weighted by molar-refractivity contribution is 0.484. The molecular weight excluding hydrogens is 542 g/mol. The van der Waals surface area contributed by atoms with Crippen LogP contribution in [0.5, 0.6) is 5.75 Å². The summed E-state index contributed by atoms with van der Waals surface area (Å²) in [7, 11) is -4.01. The average Bonchev–Trinajstić information content (AvgIpc) is 2.66. The van der Waals surface area contributed by atoms with E-state index in [0.717, 1.165) is 15.6 Å². The maximum absolute atomic E-state index is 12.8. The minimum Gasteiger partial charge on any atom is -0.377 e. The third-order valence-electron chi connectivity index (χ3n) is 4.12. The van der Waals surface area contributed by atoms with Gasteiger partial charge in [-0.1, -0.05) is 51.3 Å². The van der Waals surface area contributed by atoms with Gasteiger partial charge in [0.25, 0.3) is 0 Å². The van der Waals surface area contributed by atoms with E-state index in [9.17, 15) is 8.42 Å². The Morgan fingerprint density at radius 1 is 1.03 bits per heavy atom. The fourth-order valence-corrected chi connectivity index (χ4v) is 5.09. The van der Waals surface area contributed by atoms with Crippen molar-refractivity contribution in [1.29, 1.82) is 0 Å². The van der Waals surface area contributed by atoms with Crippen LogP contribution in [0, 0.1) is 13.8 Å². The second-order valence-electron chi connectivity index (χ2n) is 6.30. The van der Waals surface area contributed by atoms with E-state index in [2.05, 4.69) is 36.9 Å². The van der Waals surface area contributed by atoms with Crippen LogP contribution in [0.4, 0.5) is 5.69 Å². The number of benzene rings is 3. The van der Waals surface area contributed by atoms with Crippen LogP contribution in [0.1, 0.15) is 16.7 Å². The van der Waals surface area contributed by atoms with Gasteiger partial charge < -0.3 is 4.18 Å². The molecule has 4 nitrogen and oxygen atoms in total. The van der Waals surface area contributed by atoms with Crippen molar-refractivity contribution in [2.45, 2.75) is 18.7 Å². The molecule has 0 aromatic heterocycles. The van der Waals surface area contributed by atoms with Crippen molar-refractivity contribution in [2.24, 2.45) is 4.99 Å². The molecule has 0 radical (unpaired) electrons. The third-order valence-corrected chi connectivity index (χ3v) is 6.81. The topological polar surface area (TPSA) is 55.7 Å². The van der Waals surface area contributed by atoms with Gasteiger partial charge in [0, 0.05) is 21.3 Å². The molecule has 150 valence electrons. The molecule has 8 heteroatoms. The van der Waals surface area contributed by atoms with Crippen molar-refractivity contribution < 1.29 is 12.6 Å². The molecule has 0 saturated carbocycles. The van der Waals surface area contributed by atoms with Gasteiger partial charge in [-0.3, -0.25) is 4.99 Å². The van der Waals surface area contributed by atoms with Gasteiger partial charge in [-0.15, -0.1) is 0 Å². The highest BCUT2D eigenvalue weighted by atomic mass is 79.9. The highest BCUT2D eigenvalue weighted by Gasteiger charge is 2.20. The summed E-state index contributed by atoms with van der Waals surface area (Å²) in [6.45, 7) is 3.75. The quantitative estimate of drug-likeness (QED) is 0.251. The standard InChI is InChI=1S/C21H16Br2ClNO3S/c1-13-6-8-17(9-7-13)29(26,27)28-21-15(10-16(22)11-18(21)23)12-25-20-5-3-4-19(24)14(20)2/h3-12H,1-2H3. The first-order valence-corrected chi connectivity index (χ1v) is 11.8. The van der Waals surface area contributed by atoms with Crippen molar-refractivity contribution in [1.82, 2.24) is 0 Å². The summed E-state index contributed by atoms with van der Waals surface area (Å²) < 4.78 is 32.2. The first-order valence-electron chi connectivity index (χ1n) is 8.47. The van der Waals surface area contributed by atoms with Gasteiger partial charge in [0.15, 0.2) is 5.75 Å². The second kappa shape index (κ2) is 9.00. The zero-order valence-corrected chi connectivity index (χ0v) is 20.2. The Morgan fingerprint density at radius 2 is 1.72 bits per heavy atom. The molecule has 29 heavy (non-hydrogen) atoms. The van der Waals surface area contributed by atoms with E-state index in [1.165, 1.54) is 12.1 Å². The number of aryl methyl sites for hydroxylation is 1. The Morgan fingerprint density at radius 3 is 2.41 bits per heavy atom. The van der Waals surface area contributed by atoms with Crippen LogP contribution in [-0.2, 0) is 10.1 Å². The summed E-state index contributed by atoms with van der Waals surface area (Å²) in [4.78, 5) is 4.54. The van der Waals surface area contributed by atoms with Gasteiger partial charge in [-0.2, -0.15) is 8.42 Å². The smallest absolute Gasteiger partial charge is 0.339 e. The number of halogens is 3. The lowest BCUT2D eigenvalue weighted by Crippen LogP contribution is -2.11. The number of rotatable bonds is 5. The van der Waals surface area contributed by atoms with E-state index >= 15 is 0 Å². The van der Waals surface area contributed by atoms with Crippen molar-refractivity contribution in [2.75, 3.05) is 0 Å². The molecule has 0 aliphatic heterocycles. The van der Waals surface area contributed by atoms with Gasteiger partial charge in [-0.25, -0.2) is 0 Å². The second-order valence-corrected chi connectivity index (χ2v) is 10.0. The zero-order chi connectivity index (χ0) is 21.2. The lowest BCUT2D eigenvalue weighted by Gasteiger charge is -2.12. The predicted molar refractivity (Wildman–Crippen MR) is 124 cm³/mol. The van der Waals surface area contributed by atoms with Crippen molar-refractivity contribution in [3.05, 3.63) is 85.3 Å². The van der Waals surface area contributed by atoms with Crippen LogP contribution in [0.25, 0.3) is 0 Å². The van der Waals surface area contributed by atoms with E-state index in [0.29, 0.717) is 20.7 Å². The van der Waals surface area contributed by atoms with Crippen LogP contribution in [0.15, 0.2) is 73.4 Å². The summed E-state index contributed by atoms with van der Waals surface area (Å²) >= 11 is 12.9. The van der Waals surface area contributed by atoms with E-state index in [4.69, 9.17) is 15.8 Å². The van der Waals surface area contributed by atoms with Crippen molar-refractivity contribution in [3.63, 3.8) is 0 Å². The Hall–Kier alpha value is -1.67. The predicted octanol–water partition coefficient (Wildman–Crippen LogP) is 7.00. The lowest BCUT2D eigenvalue weighted by atomic mass is 10.2. The minimum absolute atomic E-state index is 0.0755. The summed E-state index contributed by atoms with van der Waals surface area (Å²) in [5, 5.41) is 0.605. The van der Waals surface area contributed by atoms with Crippen LogP contribution < -0.4 is 4.18 Å². The number of hydrogen-bond donors (Lipinski definition) is 0. The maximum atomic E-state index is 12.8. The van der Waals surface area contributed by atoms with E-state index in [-0.39, 0.29) is 10.6 Å². The summed E-state index contributed by atoms with van der Waals surface area (Å²) in [5.41, 5.74) is 2.95. The fraction of sp³-hybridized carbons (Fsp3) is 0.0952. The van der Waals surface area contributed by atoms with E-state index in [1.54, 1.807) is 42.6 Å². The Labute approximate surface area is 192 Å². The van der Waals surface area contributed by atoms with Crippen LogP contribution in [0.3, 0.4) is 0 Å². The molecule has 0 unspecified atom stereocenters. The molecule has 0 amide bonds. The van der Waals surface area contributed by atoms with Gasteiger partial charge in [0.05, 0.1) is 10.2 Å². The van der Waals surface area contributed by atoms with Crippen LogP contribution >= 0.6 is 43.5 Å². The van der Waals surface area contributed by atoms with Gasteiger partial charge in [0.2, 0.25) is 0 Å². The molecule has 0 spiro atoms. The first-order chi connectivity index (χ1) is 13.7. The van der Waals surface area contributed by atoms with E-state index < -0.39 is 10.1 Å². The largest absolute Gasteiger partial charge is 0.377 e. The van der Waals surface area contributed by atoms with Gasteiger partial charge in [-0.05, 0) is 71.7 Å². The normalized spacial score (nSPS) is 11.8. The van der Waals surface area contributed by atoms with Crippen molar-refractivity contribution >= 4 is 65.5 Å². The molecule has 0 heterocycles. The molecule has 0 aliphatic rings. The minimum atomic E-state index is -4.01. The molecule has 0 bridgehead atoms. The number of nitrogens with zero attached hydrogens (tertiary/aromatic N) is 1. The summed E-state index contributed by atoms with van der Waals surface area (Å²) in [5.74, 6) is 0.150. The SMILES string of the molecule is Cc1ccc(S(=O)(=O)Oc2c(Br)cc(Br)cc2C=Nc2cccc(Cl)c2C)cc1. The highest BCUT2D eigenvalue weighted by Crippen LogP contribution is 2.35. The molecule has 0 aliphatic carbocycles. The number of hydrogen-bond acceptors (Lipinski definition) is 4. The molecule has 3 rings (SSSR count). The van der Waals surface area contributed by atoms with Crippen LogP contribution in [0.2, 0.25) is 5.02 Å². The summed E-state index contributed by atoms with van der Waals surface area (Å²) in [6, 6.07) is 15.3. The molecule has 3 aromatic carbocycles. The Balaban J connectivity index is 2.02. The fourth-order valence-electron chi connectivity index (χ4n) is 2.50. The molecule has 0 atom stereocenters. The first kappa shape index (κ1) is 22.0. The van der Waals surface area contributed by atoms with Crippen LogP contribution in [-0.4, -0.2) is 14.6 Å². The molecular formula is C21H16Br2ClNO3S. The average molecular weight is 558 g/mol. The van der Waals surface area contributed by atoms with E-state index in [1.807, 2.05) is 19.9 Å². The Bertz CT molecular complexity index is 1190. The monoisotopic (exact) mass is 555 g/mol.